The second-order valence-corrected chi connectivity index (χ2v) is 9.51. The van der Waals surface area contributed by atoms with Gasteiger partial charge < -0.3 is 14.8 Å². The zero-order valence-electron chi connectivity index (χ0n) is 16.3. The number of fused-ring (bicyclic) bond motifs is 1. The van der Waals surface area contributed by atoms with E-state index in [0.717, 1.165) is 18.4 Å². The Morgan fingerprint density at radius 1 is 1.10 bits per heavy atom. The molecule has 1 saturated carbocycles. The highest BCUT2D eigenvalue weighted by molar-refractivity contribution is 7.89. The first-order valence-electron chi connectivity index (χ1n) is 9.87. The van der Waals surface area contributed by atoms with Gasteiger partial charge in [-0.1, -0.05) is 29.8 Å². The molecular weight excluding hydrogens is 428 g/mol. The van der Waals surface area contributed by atoms with Gasteiger partial charge in [0.1, 0.15) is 18.1 Å². The number of hydrogen-bond acceptors (Lipinski definition) is 5. The van der Waals surface area contributed by atoms with Gasteiger partial charge in [0, 0.05) is 13.0 Å². The van der Waals surface area contributed by atoms with Crippen LogP contribution in [0.15, 0.2) is 47.4 Å². The molecule has 1 atom stereocenters. The molecule has 30 heavy (non-hydrogen) atoms. The maximum absolute atomic E-state index is 12.5. The molecule has 2 aliphatic rings. The first kappa shape index (κ1) is 21.0. The van der Waals surface area contributed by atoms with Crippen LogP contribution in [0.4, 0.5) is 0 Å². The van der Waals surface area contributed by atoms with Gasteiger partial charge in [-0.05, 0) is 48.6 Å². The van der Waals surface area contributed by atoms with Gasteiger partial charge in [0.05, 0.1) is 11.1 Å². The Labute approximate surface area is 180 Å². The van der Waals surface area contributed by atoms with Crippen LogP contribution >= 0.6 is 11.6 Å². The number of halogens is 1. The van der Waals surface area contributed by atoms with Gasteiger partial charge >= 0.3 is 0 Å². The molecule has 160 valence electrons. The maximum Gasteiger partial charge on any atom is 0.242 e. The van der Waals surface area contributed by atoms with Gasteiger partial charge in [-0.3, -0.25) is 4.79 Å². The van der Waals surface area contributed by atoms with E-state index in [1.54, 1.807) is 12.1 Å². The van der Waals surface area contributed by atoms with E-state index in [0.29, 0.717) is 30.6 Å². The van der Waals surface area contributed by atoms with Crippen LogP contribution in [-0.2, 0) is 14.8 Å². The minimum absolute atomic E-state index is 0.000731. The molecule has 1 aliphatic heterocycles. The molecule has 1 fully saturated rings. The van der Waals surface area contributed by atoms with Crippen molar-refractivity contribution in [1.82, 2.24) is 10.0 Å². The van der Waals surface area contributed by atoms with E-state index in [4.69, 9.17) is 21.1 Å². The Morgan fingerprint density at radius 3 is 2.57 bits per heavy atom. The second-order valence-electron chi connectivity index (χ2n) is 7.36. The van der Waals surface area contributed by atoms with E-state index in [-0.39, 0.29) is 34.8 Å². The molecule has 0 bridgehead atoms. The van der Waals surface area contributed by atoms with Crippen molar-refractivity contribution in [3.05, 3.63) is 53.1 Å². The molecule has 9 heteroatoms. The Balaban J connectivity index is 1.36. The molecule has 0 saturated heterocycles. The quantitative estimate of drug-likeness (QED) is 0.644. The summed E-state index contributed by atoms with van der Waals surface area (Å²) in [4.78, 5) is 12.5. The molecule has 4 rings (SSSR count). The lowest BCUT2D eigenvalue weighted by Gasteiger charge is -2.23. The van der Waals surface area contributed by atoms with Gasteiger partial charge in [0.15, 0.2) is 11.5 Å². The molecule has 1 amide bonds. The average molecular weight is 451 g/mol. The predicted octanol–water partition coefficient (Wildman–Crippen LogP) is 3.05. The van der Waals surface area contributed by atoms with Gasteiger partial charge in [-0.25, -0.2) is 13.1 Å². The molecule has 1 aliphatic carbocycles. The minimum atomic E-state index is -3.77. The number of carbonyl (C=O) groups is 1. The summed E-state index contributed by atoms with van der Waals surface area (Å²) < 4.78 is 38.4. The van der Waals surface area contributed by atoms with Gasteiger partial charge in [0.2, 0.25) is 15.9 Å². The third kappa shape index (κ3) is 4.88. The van der Waals surface area contributed by atoms with Crippen LogP contribution < -0.4 is 19.5 Å². The summed E-state index contributed by atoms with van der Waals surface area (Å²) in [7, 11) is -3.77. The number of hydrogen-bond donors (Lipinski definition) is 2. The largest absolute Gasteiger partial charge is 0.486 e. The number of nitrogens with one attached hydrogen (secondary N) is 2. The Kier molecular flexibility index (Phi) is 6.17. The Bertz CT molecular complexity index is 1040. The van der Waals surface area contributed by atoms with Crippen molar-refractivity contribution in [2.75, 3.05) is 19.8 Å². The Morgan fingerprint density at radius 2 is 1.83 bits per heavy atom. The molecule has 1 unspecified atom stereocenters. The van der Waals surface area contributed by atoms with Crippen LogP contribution in [0.1, 0.15) is 30.9 Å². The third-order valence-corrected chi connectivity index (χ3v) is 7.07. The Hall–Kier alpha value is -2.29. The number of benzene rings is 2. The summed E-state index contributed by atoms with van der Waals surface area (Å²) in [6.07, 6.45) is 2.11. The van der Waals surface area contributed by atoms with Crippen LogP contribution in [0.3, 0.4) is 0 Å². The van der Waals surface area contributed by atoms with Crippen molar-refractivity contribution in [3.8, 4) is 11.5 Å². The first-order valence-corrected chi connectivity index (χ1v) is 11.7. The SMILES string of the molecule is O=C(CCNS(=O)(=O)c1ccccc1Cl)NC(c1ccc2c(c1)OCCO2)C1CC1. The van der Waals surface area contributed by atoms with Crippen molar-refractivity contribution in [1.29, 1.82) is 0 Å². The van der Waals surface area contributed by atoms with E-state index >= 15 is 0 Å². The maximum atomic E-state index is 12.5. The van der Waals surface area contributed by atoms with Gasteiger partial charge in [0.25, 0.3) is 0 Å². The fourth-order valence-corrected chi connectivity index (χ4v) is 4.99. The zero-order chi connectivity index (χ0) is 21.1. The lowest BCUT2D eigenvalue weighted by Crippen LogP contribution is -2.34. The van der Waals surface area contributed by atoms with E-state index in [2.05, 4.69) is 10.0 Å². The van der Waals surface area contributed by atoms with Crippen LogP contribution in [0.25, 0.3) is 0 Å². The van der Waals surface area contributed by atoms with E-state index in [1.165, 1.54) is 12.1 Å². The lowest BCUT2D eigenvalue weighted by molar-refractivity contribution is -0.121. The number of carbonyl (C=O) groups excluding carboxylic acids is 1. The molecule has 0 radical (unpaired) electrons. The predicted molar refractivity (Wildman–Crippen MR) is 112 cm³/mol. The molecular formula is C21H23ClN2O5S. The zero-order valence-corrected chi connectivity index (χ0v) is 17.8. The molecule has 0 aromatic heterocycles. The summed E-state index contributed by atoms with van der Waals surface area (Å²) >= 11 is 5.96. The van der Waals surface area contributed by atoms with Crippen LogP contribution in [0, 0.1) is 5.92 Å². The summed E-state index contributed by atoms with van der Waals surface area (Å²) in [5.74, 6) is 1.55. The van der Waals surface area contributed by atoms with Crippen molar-refractivity contribution in [3.63, 3.8) is 0 Å². The van der Waals surface area contributed by atoms with Crippen LogP contribution in [0.2, 0.25) is 5.02 Å². The number of amides is 1. The van der Waals surface area contributed by atoms with Crippen molar-refractivity contribution in [2.45, 2.75) is 30.2 Å². The summed E-state index contributed by atoms with van der Waals surface area (Å²) in [6, 6.07) is 11.8. The standard InChI is InChI=1S/C21H23ClN2O5S/c22-16-3-1-2-4-19(16)30(26,27)23-10-9-20(25)24-21(14-5-6-14)15-7-8-17-18(13-15)29-12-11-28-17/h1-4,7-8,13-14,21,23H,5-6,9-12H2,(H,24,25). The second kappa shape index (κ2) is 8.83. The molecule has 1 heterocycles. The van der Waals surface area contributed by atoms with Crippen LogP contribution in [0.5, 0.6) is 11.5 Å². The van der Waals surface area contributed by atoms with Gasteiger partial charge in [-0.15, -0.1) is 0 Å². The fourth-order valence-electron chi connectivity index (χ4n) is 3.44. The van der Waals surface area contributed by atoms with Crippen molar-refractivity contribution < 1.29 is 22.7 Å². The van der Waals surface area contributed by atoms with Crippen LogP contribution in [-0.4, -0.2) is 34.1 Å². The van der Waals surface area contributed by atoms with Gasteiger partial charge in [-0.2, -0.15) is 0 Å². The van der Waals surface area contributed by atoms with E-state index in [9.17, 15) is 13.2 Å². The van der Waals surface area contributed by atoms with Crippen molar-refractivity contribution in [2.24, 2.45) is 5.92 Å². The van der Waals surface area contributed by atoms with E-state index < -0.39 is 10.0 Å². The summed E-state index contributed by atoms with van der Waals surface area (Å²) in [5.41, 5.74) is 0.965. The normalized spacial score (nSPS) is 16.7. The number of ether oxygens (including phenoxy) is 2. The smallest absolute Gasteiger partial charge is 0.242 e. The number of sulfonamides is 1. The highest BCUT2D eigenvalue weighted by atomic mass is 35.5. The number of rotatable bonds is 8. The van der Waals surface area contributed by atoms with E-state index in [1.807, 2.05) is 18.2 Å². The average Bonchev–Trinajstić information content (AvgIpc) is 3.57. The first-order chi connectivity index (χ1) is 14.4. The topological polar surface area (TPSA) is 93.7 Å². The fraction of sp³-hybridized carbons (Fsp3) is 0.381. The lowest BCUT2D eigenvalue weighted by atomic mass is 10.0. The van der Waals surface area contributed by atoms with Crippen molar-refractivity contribution >= 4 is 27.5 Å². The molecule has 2 aromatic carbocycles. The third-order valence-electron chi connectivity index (χ3n) is 5.11. The highest BCUT2D eigenvalue weighted by Gasteiger charge is 2.34. The molecule has 2 N–H and O–H groups in total. The minimum Gasteiger partial charge on any atom is -0.486 e. The molecule has 2 aromatic rings. The summed E-state index contributed by atoms with van der Waals surface area (Å²) in [5, 5.41) is 3.18. The summed E-state index contributed by atoms with van der Waals surface area (Å²) in [6.45, 7) is 1.01. The molecule has 7 nitrogen and oxygen atoms in total. The highest BCUT2D eigenvalue weighted by Crippen LogP contribution is 2.43. The molecule has 0 spiro atoms. The monoisotopic (exact) mass is 450 g/mol.